The summed E-state index contributed by atoms with van der Waals surface area (Å²) in [6.07, 6.45) is 1.51. The second-order valence-electron chi connectivity index (χ2n) is 7.02. The summed E-state index contributed by atoms with van der Waals surface area (Å²) in [5.41, 5.74) is 0.649. The van der Waals surface area contributed by atoms with E-state index in [-0.39, 0.29) is 41.5 Å². The van der Waals surface area contributed by atoms with Crippen LogP contribution in [-0.4, -0.2) is 40.4 Å². The number of rotatable bonds is 7. The Hall–Kier alpha value is -2.04. The van der Waals surface area contributed by atoms with Crippen LogP contribution < -0.4 is 14.2 Å². The fourth-order valence-corrected chi connectivity index (χ4v) is 5.14. The summed E-state index contributed by atoms with van der Waals surface area (Å²) < 4.78 is 49.1. The fourth-order valence-electron chi connectivity index (χ4n) is 3.26. The molecule has 0 aliphatic carbocycles. The number of esters is 1. The van der Waals surface area contributed by atoms with Crippen LogP contribution in [0.3, 0.4) is 0 Å². The van der Waals surface area contributed by atoms with Gasteiger partial charge in [0.2, 0.25) is 16.8 Å². The number of nitrogens with one attached hydrogen (secondary N) is 1. The van der Waals surface area contributed by atoms with Gasteiger partial charge in [0.25, 0.3) is 0 Å². The Balaban J connectivity index is 1.44. The third-order valence-corrected chi connectivity index (χ3v) is 7.02. The summed E-state index contributed by atoms with van der Waals surface area (Å²) in [5, 5.41) is 0.345. The highest BCUT2D eigenvalue weighted by atomic mass is 35.5. The zero-order chi connectivity index (χ0) is 22.0. The molecular weight excluding hydrogens is 469 g/mol. The van der Waals surface area contributed by atoms with Crippen molar-refractivity contribution in [3.05, 3.63) is 51.5 Å². The smallest absolute Gasteiger partial charge is 0.338 e. The molecule has 1 unspecified atom stereocenters. The maximum atomic E-state index is 12.7. The summed E-state index contributed by atoms with van der Waals surface area (Å²) in [6, 6.07) is 7.20. The van der Waals surface area contributed by atoms with E-state index in [1.54, 1.807) is 12.1 Å². The van der Waals surface area contributed by atoms with Crippen LogP contribution in [0.15, 0.2) is 35.2 Å². The number of sulfonamides is 1. The first-order valence-electron chi connectivity index (χ1n) is 9.49. The van der Waals surface area contributed by atoms with Crippen molar-refractivity contribution in [3.63, 3.8) is 0 Å². The maximum absolute atomic E-state index is 12.7. The second kappa shape index (κ2) is 9.22. The Labute approximate surface area is 189 Å². The number of carbonyl (C=O) groups excluding carboxylic acids is 1. The van der Waals surface area contributed by atoms with Crippen LogP contribution in [0.4, 0.5) is 0 Å². The molecule has 166 valence electrons. The van der Waals surface area contributed by atoms with Crippen LogP contribution in [0.2, 0.25) is 10.0 Å². The number of hydrogen-bond acceptors (Lipinski definition) is 7. The molecule has 0 bridgehead atoms. The van der Waals surface area contributed by atoms with Gasteiger partial charge in [0.1, 0.15) is 11.5 Å². The molecule has 1 fully saturated rings. The van der Waals surface area contributed by atoms with Crippen LogP contribution in [0.1, 0.15) is 28.8 Å². The van der Waals surface area contributed by atoms with Gasteiger partial charge >= 0.3 is 5.97 Å². The van der Waals surface area contributed by atoms with Gasteiger partial charge in [0, 0.05) is 13.2 Å². The van der Waals surface area contributed by atoms with Crippen LogP contribution in [-0.2, 0) is 26.1 Å². The van der Waals surface area contributed by atoms with Crippen LogP contribution >= 0.6 is 23.2 Å². The third-order valence-electron chi connectivity index (χ3n) is 4.84. The van der Waals surface area contributed by atoms with Crippen LogP contribution in [0.5, 0.6) is 11.5 Å². The van der Waals surface area contributed by atoms with Crippen molar-refractivity contribution in [2.24, 2.45) is 0 Å². The van der Waals surface area contributed by atoms with Crippen molar-refractivity contribution in [1.29, 1.82) is 0 Å². The zero-order valence-electron chi connectivity index (χ0n) is 16.2. The molecule has 11 heteroatoms. The van der Waals surface area contributed by atoms with E-state index in [0.717, 1.165) is 12.8 Å². The molecule has 0 aromatic heterocycles. The standard InChI is InChI=1S/C20H19Cl2NO7S/c21-15-4-3-13(8-18(15)31(25,26)23-9-14-2-1-5-27-14)20(24)28-10-12-6-16(22)19-17(7-12)29-11-30-19/h3-4,6-8,14,23H,1-2,5,9-11H2. The lowest BCUT2D eigenvalue weighted by Gasteiger charge is -2.13. The summed E-state index contributed by atoms with van der Waals surface area (Å²) in [7, 11) is -3.93. The Kier molecular flexibility index (Phi) is 6.59. The molecule has 1 N–H and O–H groups in total. The number of benzene rings is 2. The third kappa shape index (κ3) is 5.07. The molecule has 0 radical (unpaired) electrons. The van der Waals surface area contributed by atoms with Gasteiger partial charge in [-0.15, -0.1) is 0 Å². The lowest BCUT2D eigenvalue weighted by molar-refractivity contribution is 0.0472. The molecule has 4 rings (SSSR count). The summed E-state index contributed by atoms with van der Waals surface area (Å²) in [6.45, 7) is 0.736. The number of halogens is 2. The molecule has 2 aliphatic rings. The molecule has 1 saturated heterocycles. The van der Waals surface area contributed by atoms with Crippen molar-refractivity contribution >= 4 is 39.2 Å². The minimum atomic E-state index is -3.93. The summed E-state index contributed by atoms with van der Waals surface area (Å²) >= 11 is 12.2. The van der Waals surface area contributed by atoms with Gasteiger partial charge in [-0.2, -0.15) is 0 Å². The minimum Gasteiger partial charge on any atom is -0.457 e. The van der Waals surface area contributed by atoms with Crippen molar-refractivity contribution in [2.45, 2.75) is 30.4 Å². The van der Waals surface area contributed by atoms with Gasteiger partial charge in [-0.05, 0) is 48.7 Å². The molecule has 1 atom stereocenters. The highest BCUT2D eigenvalue weighted by molar-refractivity contribution is 7.89. The SMILES string of the molecule is O=C(OCc1cc(Cl)c2c(c1)OCO2)c1ccc(Cl)c(S(=O)(=O)NCC2CCCO2)c1. The fraction of sp³-hybridized carbons (Fsp3) is 0.350. The predicted molar refractivity (Wildman–Crippen MR) is 112 cm³/mol. The molecule has 2 aliphatic heterocycles. The number of hydrogen-bond donors (Lipinski definition) is 1. The zero-order valence-corrected chi connectivity index (χ0v) is 18.6. The van der Waals surface area contributed by atoms with Gasteiger partial charge in [0.05, 0.1) is 21.7 Å². The topological polar surface area (TPSA) is 100 Å². The monoisotopic (exact) mass is 487 g/mol. The van der Waals surface area contributed by atoms with Crippen molar-refractivity contribution in [3.8, 4) is 11.5 Å². The molecule has 0 amide bonds. The molecule has 0 saturated carbocycles. The van der Waals surface area contributed by atoms with Crippen LogP contribution in [0.25, 0.3) is 0 Å². The van der Waals surface area contributed by atoms with Crippen molar-refractivity contribution in [2.75, 3.05) is 19.9 Å². The predicted octanol–water partition coefficient (Wildman–Crippen LogP) is 3.54. The lowest BCUT2D eigenvalue weighted by atomic mass is 10.2. The van der Waals surface area contributed by atoms with Gasteiger partial charge in [-0.3, -0.25) is 0 Å². The average molecular weight is 488 g/mol. The minimum absolute atomic E-state index is 0.000979. The quantitative estimate of drug-likeness (QED) is 0.596. The molecular formula is C20H19Cl2NO7S. The Morgan fingerprint density at radius 2 is 2.00 bits per heavy atom. The lowest BCUT2D eigenvalue weighted by Crippen LogP contribution is -2.32. The largest absolute Gasteiger partial charge is 0.457 e. The van der Waals surface area contributed by atoms with E-state index in [2.05, 4.69) is 4.72 Å². The van der Waals surface area contributed by atoms with Gasteiger partial charge in [-0.25, -0.2) is 17.9 Å². The Morgan fingerprint density at radius 3 is 2.77 bits per heavy atom. The first-order valence-corrected chi connectivity index (χ1v) is 11.7. The van der Waals surface area contributed by atoms with E-state index in [4.69, 9.17) is 42.1 Å². The number of fused-ring (bicyclic) bond motifs is 1. The maximum Gasteiger partial charge on any atom is 0.338 e. The van der Waals surface area contributed by atoms with Gasteiger partial charge < -0.3 is 18.9 Å². The van der Waals surface area contributed by atoms with Crippen LogP contribution in [0, 0.1) is 0 Å². The molecule has 8 nitrogen and oxygen atoms in total. The summed E-state index contributed by atoms with van der Waals surface area (Å²) in [4.78, 5) is 12.3. The van der Waals surface area contributed by atoms with E-state index in [0.29, 0.717) is 28.7 Å². The molecule has 0 spiro atoms. The van der Waals surface area contributed by atoms with Crippen molar-refractivity contribution in [1.82, 2.24) is 4.72 Å². The summed E-state index contributed by atoms with van der Waals surface area (Å²) in [5.74, 6) is 0.205. The first kappa shape index (κ1) is 22.2. The molecule has 2 heterocycles. The highest BCUT2D eigenvalue weighted by Crippen LogP contribution is 2.40. The normalized spacial score (nSPS) is 17.7. The first-order chi connectivity index (χ1) is 14.8. The molecule has 31 heavy (non-hydrogen) atoms. The molecule has 2 aromatic carbocycles. The van der Waals surface area contributed by atoms with E-state index in [1.807, 2.05) is 0 Å². The van der Waals surface area contributed by atoms with E-state index < -0.39 is 16.0 Å². The average Bonchev–Trinajstić information content (AvgIpc) is 3.43. The van der Waals surface area contributed by atoms with E-state index >= 15 is 0 Å². The van der Waals surface area contributed by atoms with E-state index in [9.17, 15) is 13.2 Å². The second-order valence-corrected chi connectivity index (χ2v) is 9.57. The van der Waals surface area contributed by atoms with Gasteiger partial charge in [-0.1, -0.05) is 23.2 Å². The highest BCUT2D eigenvalue weighted by Gasteiger charge is 2.24. The number of ether oxygens (including phenoxy) is 4. The van der Waals surface area contributed by atoms with Crippen molar-refractivity contribution < 1.29 is 32.2 Å². The molecule has 2 aromatic rings. The Morgan fingerprint density at radius 1 is 1.16 bits per heavy atom. The Bertz CT molecular complexity index is 1100. The van der Waals surface area contributed by atoms with Gasteiger partial charge in [0.15, 0.2) is 11.5 Å². The number of carbonyl (C=O) groups is 1. The van der Waals surface area contributed by atoms with E-state index in [1.165, 1.54) is 18.2 Å².